The predicted molar refractivity (Wildman–Crippen MR) is 116 cm³/mol. The van der Waals surface area contributed by atoms with Crippen molar-refractivity contribution in [3.05, 3.63) is 45.9 Å². The smallest absolute Gasteiger partial charge is 0.328 e. The molecule has 0 fully saturated rings. The van der Waals surface area contributed by atoms with Crippen LogP contribution in [0.5, 0.6) is 6.01 Å². The largest absolute Gasteiger partial charge is 0.796 e. The third kappa shape index (κ3) is 7.50. The first-order valence-electron chi connectivity index (χ1n) is 8.95. The van der Waals surface area contributed by atoms with Crippen LogP contribution in [-0.2, 0) is 56.6 Å². The van der Waals surface area contributed by atoms with E-state index in [2.05, 4.69) is 27.6 Å². The van der Waals surface area contributed by atoms with Gasteiger partial charge in [-0.15, -0.1) is 0 Å². The molecule has 3 rings (SSSR count). The van der Waals surface area contributed by atoms with E-state index in [0.29, 0.717) is 23.3 Å². The maximum Gasteiger partial charge on any atom is 0.328 e. The van der Waals surface area contributed by atoms with Crippen LogP contribution in [0.15, 0.2) is 29.1 Å². The van der Waals surface area contributed by atoms with E-state index in [4.69, 9.17) is 15.2 Å². The Kier molecular flexibility index (Phi) is 14.2. The van der Waals surface area contributed by atoms with Gasteiger partial charge in [-0.25, -0.2) is 4.79 Å². The zero-order chi connectivity index (χ0) is 21.8. The molecule has 3 N–H and O–H groups in total. The number of hydrogen-bond acceptors (Lipinski definition) is 8. The number of nitrogens with one attached hydrogen (secondary N) is 1. The molecule has 11 heteroatoms. The minimum Gasteiger partial charge on any atom is -0.796 e. The number of rotatable bonds is 7. The van der Waals surface area contributed by atoms with Gasteiger partial charge in [0.05, 0.1) is 13.2 Å². The molecule has 1 radical (unpaired) electrons. The van der Waals surface area contributed by atoms with Crippen LogP contribution in [-0.4, -0.2) is 52.4 Å². The van der Waals surface area contributed by atoms with Crippen LogP contribution < -0.4 is 16.2 Å². The maximum atomic E-state index is 12.3. The van der Waals surface area contributed by atoms with Crippen molar-refractivity contribution in [3.8, 4) is 6.01 Å². The van der Waals surface area contributed by atoms with Gasteiger partial charge in [-0.2, -0.15) is 16.2 Å². The van der Waals surface area contributed by atoms with E-state index in [1.54, 1.807) is 37.6 Å². The number of nitrogens with two attached hydrogens (primary N) is 1. The summed E-state index contributed by atoms with van der Waals surface area (Å²) in [7, 11) is 1.56. The molecule has 0 amide bonds. The van der Waals surface area contributed by atoms with Gasteiger partial charge in [0.15, 0.2) is 11.5 Å². The van der Waals surface area contributed by atoms with E-state index in [-0.39, 0.29) is 63.4 Å². The average molecular weight is 509 g/mol. The average Bonchev–Trinajstić information content (AvgIpc) is 3.08. The van der Waals surface area contributed by atoms with Gasteiger partial charge in [0.2, 0.25) is 0 Å². The first kappa shape index (κ1) is 28.3. The van der Waals surface area contributed by atoms with Crippen LogP contribution in [0.4, 0.5) is 5.82 Å². The zero-order valence-electron chi connectivity index (χ0n) is 17.5. The second-order valence-electron chi connectivity index (χ2n) is 5.31. The van der Waals surface area contributed by atoms with Crippen molar-refractivity contribution >= 4 is 35.9 Å². The standard InChI is InChI=1S/C16H17N5O4.C2H6.CH4S.Y/c1-24-6-7-25-15-19-13(17)12-14(20-15)21(16(23)18-12)8-10-2-4-11(9-22)5-3-10;2*1-2;/h2-5,9H,6-8H2,1H3,(H,18,23)(H2,17,19,20);1-2H3;2H,1H3;/p-1. The fourth-order valence-electron chi connectivity index (χ4n) is 2.34. The Balaban J connectivity index is 0.00000159. The van der Waals surface area contributed by atoms with Crippen molar-refractivity contribution in [3.63, 3.8) is 0 Å². The number of nitrogen functional groups attached to an aromatic ring is 1. The number of aldehydes is 1. The fourth-order valence-corrected chi connectivity index (χ4v) is 2.34. The number of ether oxygens (including phenoxy) is 2. The van der Waals surface area contributed by atoms with Gasteiger partial charge in [-0.3, -0.25) is 9.36 Å². The van der Waals surface area contributed by atoms with Crippen molar-refractivity contribution in [2.75, 3.05) is 32.3 Å². The third-order valence-corrected chi connectivity index (χ3v) is 3.61. The number of H-pyrrole nitrogens is 1. The number of methoxy groups -OCH3 is 1. The Bertz CT molecular complexity index is 960. The Morgan fingerprint density at radius 3 is 2.37 bits per heavy atom. The number of carbonyl (C=O) groups excluding carboxylic acids is 1. The first-order valence-corrected chi connectivity index (χ1v) is 9.76. The molecule has 9 nitrogen and oxygen atoms in total. The molecular weight excluding hydrogens is 483 g/mol. The molecule has 2 heterocycles. The normalized spacial score (nSPS) is 9.50. The number of anilines is 1. The summed E-state index contributed by atoms with van der Waals surface area (Å²) in [6, 6.07) is 6.99. The molecule has 161 valence electrons. The topological polar surface area (TPSA) is 125 Å². The van der Waals surface area contributed by atoms with Gasteiger partial charge in [-0.05, 0) is 5.56 Å². The molecule has 1 aromatic carbocycles. The molecule has 0 aliphatic heterocycles. The molecule has 0 unspecified atom stereocenters. The second-order valence-corrected chi connectivity index (χ2v) is 5.31. The molecule has 0 saturated heterocycles. The van der Waals surface area contributed by atoms with Crippen molar-refractivity contribution in [2.24, 2.45) is 0 Å². The molecule has 0 bridgehead atoms. The number of benzene rings is 1. The summed E-state index contributed by atoms with van der Waals surface area (Å²) in [6.07, 6.45) is 2.35. The minimum absolute atomic E-state index is 0. The monoisotopic (exact) mass is 509 g/mol. The summed E-state index contributed by atoms with van der Waals surface area (Å²) in [5.74, 6) is 0.129. The number of carbonyl (C=O) groups is 1. The molecule has 0 aliphatic rings. The van der Waals surface area contributed by atoms with E-state index in [1.165, 1.54) is 4.57 Å². The first-order chi connectivity index (χ1) is 14.1. The number of nitrogens with zero attached hydrogens (tertiary/aromatic N) is 3. The zero-order valence-corrected chi connectivity index (χ0v) is 21.2. The van der Waals surface area contributed by atoms with Crippen molar-refractivity contribution in [1.29, 1.82) is 0 Å². The quantitative estimate of drug-likeness (QED) is 0.281. The van der Waals surface area contributed by atoms with Gasteiger partial charge < -0.3 is 32.8 Å². The van der Waals surface area contributed by atoms with Gasteiger partial charge in [0, 0.05) is 45.4 Å². The second kappa shape index (κ2) is 15.1. The van der Waals surface area contributed by atoms with Crippen LogP contribution in [0, 0.1) is 0 Å². The van der Waals surface area contributed by atoms with E-state index in [9.17, 15) is 9.59 Å². The van der Waals surface area contributed by atoms with Crippen LogP contribution in [0.2, 0.25) is 0 Å². The van der Waals surface area contributed by atoms with E-state index >= 15 is 0 Å². The molecule has 0 spiro atoms. The summed E-state index contributed by atoms with van der Waals surface area (Å²) >= 11 is 4.08. The molecule has 3 aromatic rings. The van der Waals surface area contributed by atoms with E-state index in [0.717, 1.165) is 11.8 Å². The van der Waals surface area contributed by atoms with Gasteiger partial charge in [-0.1, -0.05) is 38.1 Å². The summed E-state index contributed by atoms with van der Waals surface area (Å²) in [4.78, 5) is 33.9. The Labute approximate surface area is 206 Å². The van der Waals surface area contributed by atoms with Crippen LogP contribution in [0.1, 0.15) is 29.8 Å². The number of aromatic nitrogens is 4. The predicted octanol–water partition coefficient (Wildman–Crippen LogP) is 1.77. The van der Waals surface area contributed by atoms with Gasteiger partial charge >= 0.3 is 11.7 Å². The summed E-state index contributed by atoms with van der Waals surface area (Å²) in [6.45, 7) is 4.92. The Morgan fingerprint density at radius 2 is 1.80 bits per heavy atom. The van der Waals surface area contributed by atoms with Crippen LogP contribution in [0.25, 0.3) is 11.2 Å². The van der Waals surface area contributed by atoms with E-state index in [1.807, 2.05) is 13.8 Å². The maximum absolute atomic E-state index is 12.3. The Morgan fingerprint density at radius 1 is 1.17 bits per heavy atom. The van der Waals surface area contributed by atoms with Crippen molar-refractivity contribution < 1.29 is 47.0 Å². The van der Waals surface area contributed by atoms with Crippen LogP contribution in [0.3, 0.4) is 0 Å². The number of aromatic amines is 1. The molecule has 0 atom stereocenters. The third-order valence-electron chi connectivity index (χ3n) is 3.61. The van der Waals surface area contributed by atoms with Gasteiger partial charge in [0.25, 0.3) is 0 Å². The minimum atomic E-state index is -0.357. The molecule has 0 saturated carbocycles. The molecule has 0 aliphatic carbocycles. The molecular formula is C19H26N5O4SY-. The van der Waals surface area contributed by atoms with E-state index < -0.39 is 0 Å². The Hall–Kier alpha value is -1.75. The summed E-state index contributed by atoms with van der Waals surface area (Å²) in [5.41, 5.74) is 7.65. The number of hydrogen-bond donors (Lipinski definition) is 2. The van der Waals surface area contributed by atoms with Crippen molar-refractivity contribution in [2.45, 2.75) is 20.4 Å². The van der Waals surface area contributed by atoms with Crippen molar-refractivity contribution in [1.82, 2.24) is 19.5 Å². The number of fused-ring (bicyclic) bond motifs is 1. The number of imidazole rings is 1. The SMILES string of the molecule is CC.COCCOc1nc(N)c2[nH]c(=O)n(Cc3ccc(C=O)cc3)c2n1.C[S-].[Y]. The van der Waals surface area contributed by atoms with Gasteiger partial charge in [0.1, 0.15) is 18.4 Å². The summed E-state index contributed by atoms with van der Waals surface area (Å²) < 4.78 is 11.7. The molecule has 30 heavy (non-hydrogen) atoms. The summed E-state index contributed by atoms with van der Waals surface area (Å²) in [5, 5.41) is 0. The molecule has 2 aromatic heterocycles. The van der Waals surface area contributed by atoms with Crippen LogP contribution >= 0.6 is 0 Å². The fraction of sp³-hybridized carbons (Fsp3) is 0.368.